The lowest BCUT2D eigenvalue weighted by Crippen LogP contribution is -2.47. The average molecular weight is 334 g/mol. The summed E-state index contributed by atoms with van der Waals surface area (Å²) in [6.45, 7) is 8.69. The van der Waals surface area contributed by atoms with Gasteiger partial charge in [-0.3, -0.25) is 4.90 Å². The fourth-order valence-electron chi connectivity index (χ4n) is 2.90. The molecule has 24 heavy (non-hydrogen) atoms. The molecule has 0 spiro atoms. The normalized spacial score (nSPS) is 15.3. The number of hydrogen-bond donors (Lipinski definition) is 3. The van der Waals surface area contributed by atoms with Gasteiger partial charge in [0.25, 0.3) is 0 Å². The summed E-state index contributed by atoms with van der Waals surface area (Å²) in [6, 6.07) is 8.53. The highest BCUT2D eigenvalue weighted by Gasteiger charge is 2.16. The molecule has 2 rings (SSSR count). The van der Waals surface area contributed by atoms with Gasteiger partial charge in [-0.2, -0.15) is 0 Å². The highest BCUT2D eigenvalue weighted by Crippen LogP contribution is 2.17. The van der Waals surface area contributed by atoms with Crippen LogP contribution in [0.5, 0.6) is 0 Å². The number of rotatable bonds is 8. The monoisotopic (exact) mass is 334 g/mol. The van der Waals surface area contributed by atoms with E-state index >= 15 is 0 Å². The van der Waals surface area contributed by atoms with E-state index in [4.69, 9.17) is 5.11 Å². The van der Waals surface area contributed by atoms with Crippen LogP contribution in [0, 0.1) is 6.92 Å². The Morgan fingerprint density at radius 1 is 1.12 bits per heavy atom. The molecule has 3 N–H and O–H groups in total. The quantitative estimate of drug-likeness (QED) is 0.625. The largest absolute Gasteiger partial charge is 0.396 e. The fourth-order valence-corrected chi connectivity index (χ4v) is 2.90. The van der Waals surface area contributed by atoms with Gasteiger partial charge in [0.1, 0.15) is 0 Å². The summed E-state index contributed by atoms with van der Waals surface area (Å²) >= 11 is 0. The Morgan fingerprint density at radius 3 is 2.50 bits per heavy atom. The Kier molecular flexibility index (Phi) is 7.85. The molecule has 1 aromatic carbocycles. The Bertz CT molecular complexity index is 502. The number of aryl methyl sites for hydroxylation is 1. The summed E-state index contributed by atoms with van der Waals surface area (Å²) in [6.07, 6.45) is 1.55. The predicted octanol–water partition coefficient (Wildman–Crippen LogP) is 1.19. The topological polar surface area (TPSA) is 67.8 Å². The minimum absolute atomic E-state index is 0.106. The number of aliphatic hydroxyl groups excluding tert-OH is 1. The fraction of sp³-hybridized carbons (Fsp3) is 0.611. The van der Waals surface area contributed by atoms with E-state index in [9.17, 15) is 4.79 Å². The van der Waals surface area contributed by atoms with Gasteiger partial charge in [0.15, 0.2) is 0 Å². The van der Waals surface area contributed by atoms with E-state index in [-0.39, 0.29) is 12.6 Å². The van der Waals surface area contributed by atoms with Crippen molar-refractivity contribution in [2.45, 2.75) is 19.8 Å². The first-order valence-corrected chi connectivity index (χ1v) is 8.85. The highest BCUT2D eigenvalue weighted by atomic mass is 16.3. The van der Waals surface area contributed by atoms with E-state index in [1.807, 2.05) is 0 Å². The van der Waals surface area contributed by atoms with Crippen LogP contribution in [-0.4, -0.2) is 68.5 Å². The number of benzene rings is 1. The molecular weight excluding hydrogens is 304 g/mol. The van der Waals surface area contributed by atoms with Crippen LogP contribution in [0.25, 0.3) is 0 Å². The molecule has 0 aliphatic carbocycles. The van der Waals surface area contributed by atoms with Crippen molar-refractivity contribution in [3.05, 3.63) is 29.8 Å². The van der Waals surface area contributed by atoms with Crippen molar-refractivity contribution >= 4 is 11.7 Å². The molecule has 2 amide bonds. The summed E-state index contributed by atoms with van der Waals surface area (Å²) in [5.74, 6) is 0. The van der Waals surface area contributed by atoms with E-state index in [0.29, 0.717) is 19.5 Å². The third-order valence-corrected chi connectivity index (χ3v) is 4.30. The van der Waals surface area contributed by atoms with Gasteiger partial charge in [-0.25, -0.2) is 4.79 Å². The van der Waals surface area contributed by atoms with Crippen molar-refractivity contribution in [1.82, 2.24) is 15.5 Å². The van der Waals surface area contributed by atoms with Crippen molar-refractivity contribution in [2.75, 3.05) is 57.3 Å². The van der Waals surface area contributed by atoms with Crippen LogP contribution in [0.4, 0.5) is 10.5 Å². The molecule has 1 aliphatic rings. The summed E-state index contributed by atoms with van der Waals surface area (Å²) < 4.78 is 0. The zero-order chi connectivity index (χ0) is 17.2. The lowest BCUT2D eigenvalue weighted by molar-refractivity contribution is 0.234. The van der Waals surface area contributed by atoms with Gasteiger partial charge in [0.05, 0.1) is 0 Å². The van der Waals surface area contributed by atoms with Gasteiger partial charge in [0, 0.05) is 51.6 Å². The van der Waals surface area contributed by atoms with Crippen LogP contribution in [-0.2, 0) is 0 Å². The predicted molar refractivity (Wildman–Crippen MR) is 97.6 cm³/mol. The summed E-state index contributed by atoms with van der Waals surface area (Å²) in [7, 11) is 0. The number of carbonyl (C=O) groups excluding carboxylic acids is 1. The van der Waals surface area contributed by atoms with Gasteiger partial charge < -0.3 is 20.6 Å². The Balaban J connectivity index is 1.57. The van der Waals surface area contributed by atoms with Gasteiger partial charge in [-0.05, 0) is 44.0 Å². The van der Waals surface area contributed by atoms with Crippen molar-refractivity contribution < 1.29 is 9.90 Å². The minimum Gasteiger partial charge on any atom is -0.396 e. The number of amides is 2. The zero-order valence-electron chi connectivity index (χ0n) is 14.6. The first kappa shape index (κ1) is 18.5. The number of aliphatic hydroxyl groups is 1. The van der Waals surface area contributed by atoms with Crippen LogP contribution in [0.15, 0.2) is 24.3 Å². The maximum atomic E-state index is 11.5. The molecule has 0 bridgehead atoms. The second-order valence-corrected chi connectivity index (χ2v) is 6.28. The molecule has 0 aromatic heterocycles. The first-order valence-electron chi connectivity index (χ1n) is 8.85. The number of anilines is 1. The van der Waals surface area contributed by atoms with Crippen LogP contribution >= 0.6 is 0 Å². The van der Waals surface area contributed by atoms with E-state index in [1.54, 1.807) is 0 Å². The van der Waals surface area contributed by atoms with E-state index in [1.165, 1.54) is 11.3 Å². The number of piperazine rings is 1. The maximum Gasteiger partial charge on any atom is 0.314 e. The number of carbonyl (C=O) groups is 1. The van der Waals surface area contributed by atoms with Crippen LogP contribution < -0.4 is 15.5 Å². The third kappa shape index (κ3) is 6.37. The van der Waals surface area contributed by atoms with Crippen molar-refractivity contribution in [1.29, 1.82) is 0 Å². The number of hydrogen-bond acceptors (Lipinski definition) is 4. The van der Waals surface area contributed by atoms with Crippen molar-refractivity contribution in [3.63, 3.8) is 0 Å². The summed E-state index contributed by atoms with van der Waals surface area (Å²) in [4.78, 5) is 16.4. The minimum atomic E-state index is -0.146. The molecule has 6 nitrogen and oxygen atoms in total. The van der Waals surface area contributed by atoms with Crippen LogP contribution in [0.1, 0.15) is 18.4 Å². The molecule has 1 aliphatic heterocycles. The van der Waals surface area contributed by atoms with Crippen molar-refractivity contribution in [3.8, 4) is 0 Å². The van der Waals surface area contributed by atoms with Crippen molar-refractivity contribution in [2.24, 2.45) is 0 Å². The number of nitrogens with zero attached hydrogens (tertiary/aromatic N) is 2. The molecule has 1 heterocycles. The number of urea groups is 1. The molecule has 1 aromatic rings. The molecular formula is C18H30N4O2. The first-order chi connectivity index (χ1) is 11.7. The maximum absolute atomic E-state index is 11.5. The number of nitrogens with one attached hydrogen (secondary N) is 2. The standard InChI is InChI=1S/C18H30N4O2/c1-16-5-2-6-17(15-16)22-12-10-21(11-13-22)9-3-7-19-18(24)20-8-4-14-23/h2,5-6,15,23H,3-4,7-14H2,1H3,(H2,19,20,24). The lowest BCUT2D eigenvalue weighted by Gasteiger charge is -2.36. The van der Waals surface area contributed by atoms with E-state index in [2.05, 4.69) is 51.6 Å². The molecule has 134 valence electrons. The van der Waals surface area contributed by atoms with Crippen LogP contribution in [0.3, 0.4) is 0 Å². The smallest absolute Gasteiger partial charge is 0.314 e. The third-order valence-electron chi connectivity index (χ3n) is 4.30. The lowest BCUT2D eigenvalue weighted by atomic mass is 10.2. The molecule has 0 radical (unpaired) electrons. The molecule has 0 saturated carbocycles. The average Bonchev–Trinajstić information content (AvgIpc) is 2.59. The summed E-state index contributed by atoms with van der Waals surface area (Å²) in [5, 5.41) is 14.2. The molecule has 0 unspecified atom stereocenters. The zero-order valence-corrected chi connectivity index (χ0v) is 14.6. The van der Waals surface area contributed by atoms with Crippen LogP contribution in [0.2, 0.25) is 0 Å². The summed E-state index contributed by atoms with van der Waals surface area (Å²) in [5.41, 5.74) is 2.62. The Morgan fingerprint density at radius 2 is 1.83 bits per heavy atom. The SMILES string of the molecule is Cc1cccc(N2CCN(CCCNC(=O)NCCCO)CC2)c1. The van der Waals surface area contributed by atoms with E-state index in [0.717, 1.165) is 39.1 Å². The van der Waals surface area contributed by atoms with Gasteiger partial charge in [0.2, 0.25) is 0 Å². The van der Waals surface area contributed by atoms with E-state index < -0.39 is 0 Å². The molecule has 6 heteroatoms. The van der Waals surface area contributed by atoms with Gasteiger partial charge >= 0.3 is 6.03 Å². The van der Waals surface area contributed by atoms with Gasteiger partial charge in [-0.15, -0.1) is 0 Å². The molecule has 1 saturated heterocycles. The second kappa shape index (κ2) is 10.2. The highest BCUT2D eigenvalue weighted by molar-refractivity contribution is 5.73. The van der Waals surface area contributed by atoms with Gasteiger partial charge in [-0.1, -0.05) is 12.1 Å². The molecule has 1 fully saturated rings. The molecule has 0 atom stereocenters. The Labute approximate surface area is 144 Å². The second-order valence-electron chi connectivity index (χ2n) is 6.28. The Hall–Kier alpha value is -1.79.